The summed E-state index contributed by atoms with van der Waals surface area (Å²) < 4.78 is 0. The average Bonchev–Trinajstić information content (AvgIpc) is 2.42. The Balaban J connectivity index is 2.10. The maximum atomic E-state index is 11.9. The maximum Gasteiger partial charge on any atom is 0.271 e. The summed E-state index contributed by atoms with van der Waals surface area (Å²) in [7, 11) is 0. The van der Waals surface area contributed by atoms with Gasteiger partial charge in [0.1, 0.15) is 5.69 Å². The number of nitrogens with zero attached hydrogens (tertiary/aromatic N) is 2. The number of benzene rings is 1. The van der Waals surface area contributed by atoms with Gasteiger partial charge in [0, 0.05) is 12.4 Å². The number of nitrogens with one attached hydrogen (secondary N) is 1. The van der Waals surface area contributed by atoms with Gasteiger partial charge in [-0.25, -0.2) is 4.98 Å². The normalized spacial score (nSPS) is 11.9. The third-order valence-corrected chi connectivity index (χ3v) is 3.33. The van der Waals surface area contributed by atoms with Gasteiger partial charge in [-0.2, -0.15) is 0 Å². The monoisotopic (exact) mass is 295 g/mol. The maximum absolute atomic E-state index is 11.9. The summed E-state index contributed by atoms with van der Waals surface area (Å²) in [5, 5.41) is 3.76. The second-order valence-corrected chi connectivity index (χ2v) is 4.77. The zero-order valence-electron chi connectivity index (χ0n) is 10.1. The molecule has 0 saturated heterocycles. The SMILES string of the molecule is CC(NC(=O)c1cnccn1)c1ccc(Cl)c(Cl)c1. The molecule has 1 aromatic heterocycles. The summed E-state index contributed by atoms with van der Waals surface area (Å²) >= 11 is 11.8. The highest BCUT2D eigenvalue weighted by Gasteiger charge is 2.13. The van der Waals surface area contributed by atoms with Crippen LogP contribution in [-0.4, -0.2) is 15.9 Å². The molecule has 2 rings (SSSR count). The van der Waals surface area contributed by atoms with Crippen LogP contribution in [0.5, 0.6) is 0 Å². The molecule has 1 aromatic carbocycles. The quantitative estimate of drug-likeness (QED) is 0.945. The van der Waals surface area contributed by atoms with Crippen LogP contribution >= 0.6 is 23.2 Å². The summed E-state index contributed by atoms with van der Waals surface area (Å²) in [6.07, 6.45) is 4.40. The van der Waals surface area contributed by atoms with Gasteiger partial charge in [0.25, 0.3) is 5.91 Å². The van der Waals surface area contributed by atoms with Crippen LogP contribution < -0.4 is 5.32 Å². The van der Waals surface area contributed by atoms with E-state index in [4.69, 9.17) is 23.2 Å². The topological polar surface area (TPSA) is 54.9 Å². The van der Waals surface area contributed by atoms with Crippen LogP contribution in [-0.2, 0) is 0 Å². The van der Waals surface area contributed by atoms with Crippen molar-refractivity contribution in [3.8, 4) is 0 Å². The molecule has 1 amide bonds. The lowest BCUT2D eigenvalue weighted by molar-refractivity contribution is 0.0934. The first-order valence-corrected chi connectivity index (χ1v) is 6.35. The van der Waals surface area contributed by atoms with Crippen LogP contribution in [0.4, 0.5) is 0 Å². The van der Waals surface area contributed by atoms with E-state index in [0.717, 1.165) is 5.56 Å². The minimum atomic E-state index is -0.285. The largest absolute Gasteiger partial charge is 0.344 e. The first-order valence-electron chi connectivity index (χ1n) is 5.60. The molecule has 0 fully saturated rings. The van der Waals surface area contributed by atoms with Crippen LogP contribution in [0.3, 0.4) is 0 Å². The minimum absolute atomic E-state index is 0.204. The summed E-state index contributed by atoms with van der Waals surface area (Å²) in [5.41, 5.74) is 1.14. The molecule has 6 heteroatoms. The Labute approximate surface area is 120 Å². The number of hydrogen-bond donors (Lipinski definition) is 1. The van der Waals surface area contributed by atoms with E-state index in [1.165, 1.54) is 18.6 Å². The van der Waals surface area contributed by atoms with E-state index in [-0.39, 0.29) is 17.6 Å². The van der Waals surface area contributed by atoms with Crippen molar-refractivity contribution in [1.29, 1.82) is 0 Å². The highest BCUT2D eigenvalue weighted by molar-refractivity contribution is 6.42. The molecule has 1 unspecified atom stereocenters. The molecule has 19 heavy (non-hydrogen) atoms. The van der Waals surface area contributed by atoms with Gasteiger partial charge in [0.15, 0.2) is 0 Å². The van der Waals surface area contributed by atoms with E-state index in [1.54, 1.807) is 12.1 Å². The fourth-order valence-corrected chi connectivity index (χ4v) is 1.86. The highest BCUT2D eigenvalue weighted by Crippen LogP contribution is 2.25. The Hall–Kier alpha value is -1.65. The first kappa shape index (κ1) is 13.8. The van der Waals surface area contributed by atoms with E-state index < -0.39 is 0 Å². The second-order valence-electron chi connectivity index (χ2n) is 3.96. The zero-order chi connectivity index (χ0) is 13.8. The molecule has 0 spiro atoms. The van der Waals surface area contributed by atoms with Crippen molar-refractivity contribution < 1.29 is 4.79 Å². The Morgan fingerprint density at radius 1 is 1.26 bits per heavy atom. The Bertz CT molecular complexity index is 590. The number of hydrogen-bond acceptors (Lipinski definition) is 3. The highest BCUT2D eigenvalue weighted by atomic mass is 35.5. The van der Waals surface area contributed by atoms with Crippen LogP contribution in [0.2, 0.25) is 10.0 Å². The van der Waals surface area contributed by atoms with E-state index >= 15 is 0 Å². The summed E-state index contributed by atoms with van der Waals surface area (Å²) in [4.78, 5) is 19.7. The molecule has 1 heterocycles. The van der Waals surface area contributed by atoms with Gasteiger partial charge in [-0.1, -0.05) is 29.3 Å². The molecule has 1 atom stereocenters. The zero-order valence-corrected chi connectivity index (χ0v) is 11.6. The van der Waals surface area contributed by atoms with Crippen LogP contribution in [0, 0.1) is 0 Å². The van der Waals surface area contributed by atoms with E-state index in [9.17, 15) is 4.79 Å². The van der Waals surface area contributed by atoms with Gasteiger partial charge in [-0.3, -0.25) is 9.78 Å². The molecule has 0 saturated carbocycles. The Morgan fingerprint density at radius 3 is 2.68 bits per heavy atom. The molecule has 1 N–H and O–H groups in total. The molecule has 0 aliphatic heterocycles. The lowest BCUT2D eigenvalue weighted by Gasteiger charge is -2.14. The van der Waals surface area contributed by atoms with Gasteiger partial charge in [-0.05, 0) is 24.6 Å². The number of rotatable bonds is 3. The van der Waals surface area contributed by atoms with E-state index in [0.29, 0.717) is 10.0 Å². The predicted molar refractivity (Wildman–Crippen MR) is 74.4 cm³/mol. The lowest BCUT2D eigenvalue weighted by Crippen LogP contribution is -2.27. The summed E-state index contributed by atoms with van der Waals surface area (Å²) in [6, 6.07) is 5.04. The van der Waals surface area contributed by atoms with Gasteiger partial charge < -0.3 is 5.32 Å². The average molecular weight is 296 g/mol. The van der Waals surface area contributed by atoms with Crippen LogP contribution in [0.1, 0.15) is 29.0 Å². The van der Waals surface area contributed by atoms with Crippen molar-refractivity contribution in [3.63, 3.8) is 0 Å². The summed E-state index contributed by atoms with van der Waals surface area (Å²) in [6.45, 7) is 1.85. The molecule has 98 valence electrons. The lowest BCUT2D eigenvalue weighted by atomic mass is 10.1. The fourth-order valence-electron chi connectivity index (χ4n) is 1.55. The molecular weight excluding hydrogens is 285 g/mol. The van der Waals surface area contributed by atoms with Gasteiger partial charge in [-0.15, -0.1) is 0 Å². The van der Waals surface area contributed by atoms with Crippen LogP contribution in [0.25, 0.3) is 0 Å². The number of halogens is 2. The number of carbonyl (C=O) groups excluding carboxylic acids is 1. The smallest absolute Gasteiger partial charge is 0.271 e. The van der Waals surface area contributed by atoms with Crippen molar-refractivity contribution in [2.45, 2.75) is 13.0 Å². The van der Waals surface area contributed by atoms with E-state index in [2.05, 4.69) is 15.3 Å². The molecule has 0 aliphatic rings. The van der Waals surface area contributed by atoms with Crippen molar-refractivity contribution in [2.75, 3.05) is 0 Å². The van der Waals surface area contributed by atoms with Gasteiger partial charge in [0.05, 0.1) is 22.3 Å². The Kier molecular flexibility index (Phi) is 4.35. The standard InChI is InChI=1S/C13H11Cl2N3O/c1-8(9-2-3-10(14)11(15)6-9)18-13(19)12-7-16-4-5-17-12/h2-8H,1H3,(H,18,19). The Morgan fingerprint density at radius 2 is 2.05 bits per heavy atom. The van der Waals surface area contributed by atoms with Crippen molar-refractivity contribution in [1.82, 2.24) is 15.3 Å². The van der Waals surface area contributed by atoms with Crippen molar-refractivity contribution in [3.05, 3.63) is 58.1 Å². The van der Waals surface area contributed by atoms with Gasteiger partial charge >= 0.3 is 0 Å². The number of amides is 1. The first-order chi connectivity index (χ1) is 9.08. The fraction of sp³-hybridized carbons (Fsp3) is 0.154. The van der Waals surface area contributed by atoms with Crippen molar-refractivity contribution >= 4 is 29.1 Å². The second kappa shape index (κ2) is 5.99. The third-order valence-electron chi connectivity index (χ3n) is 2.59. The third kappa shape index (κ3) is 3.43. The molecule has 0 aliphatic carbocycles. The molecule has 0 radical (unpaired) electrons. The van der Waals surface area contributed by atoms with Crippen LogP contribution in [0.15, 0.2) is 36.8 Å². The molecule has 2 aromatic rings. The molecular formula is C13H11Cl2N3O. The molecule has 0 bridgehead atoms. The predicted octanol–water partition coefficient (Wildman–Crippen LogP) is 3.27. The number of aromatic nitrogens is 2. The molecule has 4 nitrogen and oxygen atoms in total. The minimum Gasteiger partial charge on any atom is -0.344 e. The number of carbonyl (C=O) groups is 1. The van der Waals surface area contributed by atoms with E-state index in [1.807, 2.05) is 13.0 Å². The summed E-state index contributed by atoms with van der Waals surface area (Å²) in [5.74, 6) is -0.285. The van der Waals surface area contributed by atoms with Crippen molar-refractivity contribution in [2.24, 2.45) is 0 Å². The van der Waals surface area contributed by atoms with Gasteiger partial charge in [0.2, 0.25) is 0 Å².